The standard InChI is InChI=1S/C15H5Cl2F9N4O/c16-5-1-4(13(18,19)20)2-6(17)9(5)30-11-8(7(3-27)29-30)10(14(21,22)23)31-12(28-11)15(24,25)26/h1-2,10,12,28H. The van der Waals surface area contributed by atoms with E-state index in [1.807, 2.05) is 0 Å². The third-order valence-corrected chi connectivity index (χ3v) is 4.56. The van der Waals surface area contributed by atoms with Gasteiger partial charge < -0.3 is 10.1 Å². The first-order chi connectivity index (χ1) is 14.1. The largest absolute Gasteiger partial charge is 0.433 e. The zero-order valence-electron chi connectivity index (χ0n) is 14.2. The molecule has 1 aromatic carbocycles. The number of nitrogens with one attached hydrogen (secondary N) is 1. The number of hydrogen-bond donors (Lipinski definition) is 1. The monoisotopic (exact) mass is 498 g/mol. The maximum Gasteiger partial charge on any atom is 0.433 e. The summed E-state index contributed by atoms with van der Waals surface area (Å²) in [7, 11) is 0. The van der Waals surface area contributed by atoms with Crippen LogP contribution in [0.5, 0.6) is 0 Å². The summed E-state index contributed by atoms with van der Waals surface area (Å²) in [6, 6.07) is 1.98. The summed E-state index contributed by atoms with van der Waals surface area (Å²) in [6.45, 7) is 0. The Labute approximate surface area is 175 Å². The van der Waals surface area contributed by atoms with E-state index in [-0.39, 0.29) is 0 Å². The van der Waals surface area contributed by atoms with Crippen LogP contribution in [-0.2, 0) is 10.9 Å². The van der Waals surface area contributed by atoms with Gasteiger partial charge in [-0.25, -0.2) is 4.68 Å². The highest BCUT2D eigenvalue weighted by Gasteiger charge is 2.55. The van der Waals surface area contributed by atoms with Crippen molar-refractivity contribution in [3.8, 4) is 11.8 Å². The van der Waals surface area contributed by atoms with Crippen LogP contribution in [0.4, 0.5) is 45.3 Å². The molecule has 5 nitrogen and oxygen atoms in total. The highest BCUT2D eigenvalue weighted by Crippen LogP contribution is 2.48. The van der Waals surface area contributed by atoms with Crippen LogP contribution in [-0.4, -0.2) is 28.4 Å². The van der Waals surface area contributed by atoms with Crippen LogP contribution in [0, 0.1) is 11.3 Å². The summed E-state index contributed by atoms with van der Waals surface area (Å²) >= 11 is 11.6. The lowest BCUT2D eigenvalue weighted by Gasteiger charge is -2.34. The van der Waals surface area contributed by atoms with E-state index in [1.54, 1.807) is 5.32 Å². The number of ether oxygens (including phenoxy) is 1. The number of fused-ring (bicyclic) bond motifs is 1. The molecule has 0 saturated carbocycles. The van der Waals surface area contributed by atoms with Gasteiger partial charge in [-0.05, 0) is 12.1 Å². The molecule has 0 aliphatic carbocycles. The Morgan fingerprint density at radius 3 is 1.97 bits per heavy atom. The summed E-state index contributed by atoms with van der Waals surface area (Å²) in [5.74, 6) is -1.02. The van der Waals surface area contributed by atoms with Crippen molar-refractivity contribution >= 4 is 29.0 Å². The van der Waals surface area contributed by atoms with Crippen molar-refractivity contribution in [2.75, 3.05) is 5.32 Å². The Bertz CT molecular complexity index is 1050. The number of rotatable bonds is 1. The van der Waals surface area contributed by atoms with Gasteiger partial charge in [0.2, 0.25) is 6.23 Å². The first kappa shape index (κ1) is 23.3. The molecular weight excluding hydrogens is 494 g/mol. The smallest absolute Gasteiger partial charge is 0.337 e. The molecule has 3 rings (SSSR count). The molecule has 1 aliphatic rings. The van der Waals surface area contributed by atoms with E-state index in [2.05, 4.69) is 9.84 Å². The molecule has 0 amide bonds. The van der Waals surface area contributed by atoms with Crippen molar-refractivity contribution in [1.82, 2.24) is 9.78 Å². The van der Waals surface area contributed by atoms with Crippen molar-refractivity contribution in [2.45, 2.75) is 30.9 Å². The fourth-order valence-corrected chi connectivity index (χ4v) is 3.40. The number of anilines is 1. The molecule has 31 heavy (non-hydrogen) atoms. The molecule has 0 spiro atoms. The Morgan fingerprint density at radius 2 is 1.55 bits per heavy atom. The van der Waals surface area contributed by atoms with Gasteiger partial charge in [-0.2, -0.15) is 49.9 Å². The molecule has 16 heteroatoms. The zero-order chi connectivity index (χ0) is 23.5. The molecule has 0 saturated heterocycles. The Balaban J connectivity index is 2.30. The molecule has 0 fully saturated rings. The van der Waals surface area contributed by atoms with Crippen molar-refractivity contribution in [3.05, 3.63) is 39.0 Å². The highest BCUT2D eigenvalue weighted by molar-refractivity contribution is 6.38. The number of aromatic nitrogens is 2. The molecule has 1 N–H and O–H groups in total. The quantitative estimate of drug-likeness (QED) is 0.489. The summed E-state index contributed by atoms with van der Waals surface area (Å²) in [6.07, 6.45) is -22.0. The van der Waals surface area contributed by atoms with Crippen molar-refractivity contribution < 1.29 is 44.3 Å². The van der Waals surface area contributed by atoms with E-state index in [9.17, 15) is 39.5 Å². The first-order valence-corrected chi connectivity index (χ1v) is 8.46. The van der Waals surface area contributed by atoms with Gasteiger partial charge >= 0.3 is 18.5 Å². The fourth-order valence-electron chi connectivity index (χ4n) is 2.76. The third kappa shape index (κ3) is 4.21. The fraction of sp³-hybridized carbons (Fsp3) is 0.333. The molecule has 168 valence electrons. The lowest BCUT2D eigenvalue weighted by Crippen LogP contribution is -2.46. The molecule has 1 aliphatic heterocycles. The minimum absolute atomic E-state index is 0.304. The van der Waals surface area contributed by atoms with Gasteiger partial charge in [0.25, 0.3) is 0 Å². The Morgan fingerprint density at radius 1 is 1.00 bits per heavy atom. The summed E-state index contributed by atoms with van der Waals surface area (Å²) < 4.78 is 123. The molecule has 1 aromatic heterocycles. The van der Waals surface area contributed by atoms with E-state index in [1.165, 1.54) is 6.07 Å². The normalized spacial score (nSPS) is 19.5. The lowest BCUT2D eigenvalue weighted by atomic mass is 10.1. The van der Waals surface area contributed by atoms with Gasteiger partial charge in [0.15, 0.2) is 11.8 Å². The zero-order valence-corrected chi connectivity index (χ0v) is 15.7. The van der Waals surface area contributed by atoms with Crippen LogP contribution in [0.1, 0.15) is 22.9 Å². The van der Waals surface area contributed by atoms with E-state index < -0.39 is 69.2 Å². The second-order valence-corrected chi connectivity index (χ2v) is 6.86. The van der Waals surface area contributed by atoms with E-state index in [0.717, 1.165) is 0 Å². The van der Waals surface area contributed by atoms with Gasteiger partial charge in [-0.1, -0.05) is 23.2 Å². The van der Waals surface area contributed by atoms with Crippen molar-refractivity contribution in [2.24, 2.45) is 0 Å². The van der Waals surface area contributed by atoms with Crippen molar-refractivity contribution in [1.29, 1.82) is 5.26 Å². The number of benzene rings is 1. The maximum absolute atomic E-state index is 13.4. The minimum Gasteiger partial charge on any atom is -0.337 e. The summed E-state index contributed by atoms with van der Waals surface area (Å²) in [5, 5.41) is 12.6. The SMILES string of the molecule is N#Cc1nn(-c2c(Cl)cc(C(F)(F)F)cc2Cl)c2c1C(C(F)(F)F)OC(C(F)(F)F)N2. The van der Waals surface area contributed by atoms with E-state index >= 15 is 0 Å². The lowest BCUT2D eigenvalue weighted by molar-refractivity contribution is -0.285. The minimum atomic E-state index is -5.40. The van der Waals surface area contributed by atoms with Gasteiger partial charge in [0.1, 0.15) is 17.6 Å². The first-order valence-electron chi connectivity index (χ1n) is 7.70. The number of nitrogens with zero attached hydrogens (tertiary/aromatic N) is 3. The summed E-state index contributed by atoms with van der Waals surface area (Å²) in [5.41, 5.74) is -4.12. The Kier molecular flexibility index (Phi) is 5.52. The van der Waals surface area contributed by atoms with E-state index in [4.69, 9.17) is 28.5 Å². The van der Waals surface area contributed by atoms with Crippen molar-refractivity contribution in [3.63, 3.8) is 0 Å². The molecule has 2 unspecified atom stereocenters. The predicted molar refractivity (Wildman–Crippen MR) is 86.6 cm³/mol. The predicted octanol–water partition coefficient (Wildman–Crippen LogP) is 6.00. The van der Waals surface area contributed by atoms with Crippen LogP contribution < -0.4 is 5.32 Å². The van der Waals surface area contributed by atoms with Crippen LogP contribution in [0.25, 0.3) is 5.69 Å². The third-order valence-electron chi connectivity index (χ3n) is 3.98. The molecule has 0 bridgehead atoms. The summed E-state index contributed by atoms with van der Waals surface area (Å²) in [4.78, 5) is 0. The topological polar surface area (TPSA) is 62.9 Å². The van der Waals surface area contributed by atoms with Crippen LogP contribution >= 0.6 is 23.2 Å². The second kappa shape index (κ2) is 7.35. The van der Waals surface area contributed by atoms with E-state index in [0.29, 0.717) is 16.8 Å². The van der Waals surface area contributed by atoms with Crippen LogP contribution in [0.3, 0.4) is 0 Å². The second-order valence-electron chi connectivity index (χ2n) is 6.04. The average Bonchev–Trinajstić information content (AvgIpc) is 2.96. The maximum atomic E-state index is 13.4. The average molecular weight is 499 g/mol. The number of nitriles is 1. The molecule has 2 aromatic rings. The number of hydrogen-bond acceptors (Lipinski definition) is 4. The molecule has 2 atom stereocenters. The van der Waals surface area contributed by atoms with Gasteiger partial charge in [-0.3, -0.25) is 0 Å². The molecule has 2 heterocycles. The molecule has 0 radical (unpaired) electrons. The van der Waals surface area contributed by atoms with Gasteiger partial charge in [-0.15, -0.1) is 0 Å². The number of alkyl halides is 9. The Hall–Kier alpha value is -2.37. The van der Waals surface area contributed by atoms with Gasteiger partial charge in [0, 0.05) is 0 Å². The van der Waals surface area contributed by atoms with Gasteiger partial charge in [0.05, 0.1) is 21.2 Å². The van der Waals surface area contributed by atoms with Crippen LogP contribution in [0.15, 0.2) is 12.1 Å². The highest BCUT2D eigenvalue weighted by atomic mass is 35.5. The van der Waals surface area contributed by atoms with Crippen LogP contribution in [0.2, 0.25) is 10.0 Å². The number of halogens is 11. The molecular formula is C15H5Cl2F9N4O.